The minimum atomic E-state index is -1.11. The van der Waals surface area contributed by atoms with E-state index in [1.807, 2.05) is 6.07 Å². The zero-order valence-corrected chi connectivity index (χ0v) is 10.5. The van der Waals surface area contributed by atoms with Gasteiger partial charge in [-0.25, -0.2) is 14.6 Å². The van der Waals surface area contributed by atoms with Crippen LogP contribution in [-0.4, -0.2) is 33.1 Å². The lowest BCUT2D eigenvalue weighted by Gasteiger charge is -2.14. The lowest BCUT2D eigenvalue weighted by molar-refractivity contribution is -0.139. The van der Waals surface area contributed by atoms with E-state index < -0.39 is 18.0 Å². The molecular weight excluding hydrogens is 260 g/mol. The fourth-order valence-corrected chi connectivity index (χ4v) is 1.66. The van der Waals surface area contributed by atoms with Crippen LogP contribution in [0.3, 0.4) is 0 Å². The highest BCUT2D eigenvalue weighted by atomic mass is 16.4. The highest BCUT2D eigenvalue weighted by molar-refractivity contribution is 5.92. The Kier molecular flexibility index (Phi) is 4.33. The van der Waals surface area contributed by atoms with Gasteiger partial charge in [0, 0.05) is 24.0 Å². The average molecular weight is 274 g/mol. The summed E-state index contributed by atoms with van der Waals surface area (Å²) in [4.78, 5) is 29.5. The number of hydrogen-bond donors (Lipinski definition) is 4. The maximum absolute atomic E-state index is 11.7. The molecule has 0 unspecified atom stereocenters. The first kappa shape index (κ1) is 13.6. The summed E-state index contributed by atoms with van der Waals surface area (Å²) in [5.74, 6) is -1.11. The molecule has 2 aromatic rings. The molecule has 0 radical (unpaired) electrons. The number of aromatic nitrogens is 2. The van der Waals surface area contributed by atoms with Gasteiger partial charge in [-0.1, -0.05) is 18.2 Å². The van der Waals surface area contributed by atoms with Crippen molar-refractivity contribution in [2.45, 2.75) is 12.5 Å². The second-order valence-electron chi connectivity index (χ2n) is 4.14. The van der Waals surface area contributed by atoms with Gasteiger partial charge in [-0.05, 0) is 12.1 Å². The first-order valence-corrected chi connectivity index (χ1v) is 5.98. The number of nitrogens with one attached hydrogen (secondary N) is 3. The van der Waals surface area contributed by atoms with E-state index >= 15 is 0 Å². The smallest absolute Gasteiger partial charge is 0.326 e. The van der Waals surface area contributed by atoms with Gasteiger partial charge in [0.2, 0.25) is 0 Å². The third-order valence-corrected chi connectivity index (χ3v) is 2.61. The van der Waals surface area contributed by atoms with E-state index in [4.69, 9.17) is 5.11 Å². The van der Waals surface area contributed by atoms with E-state index in [1.165, 1.54) is 12.5 Å². The molecule has 7 nitrogen and oxygen atoms in total. The number of aromatic amines is 1. The van der Waals surface area contributed by atoms with Gasteiger partial charge in [-0.2, -0.15) is 0 Å². The normalized spacial score (nSPS) is 11.6. The molecule has 1 aromatic carbocycles. The summed E-state index contributed by atoms with van der Waals surface area (Å²) in [6.45, 7) is 0. The number of para-hydroxylation sites is 1. The maximum atomic E-state index is 11.7. The van der Waals surface area contributed by atoms with E-state index in [-0.39, 0.29) is 6.42 Å². The summed E-state index contributed by atoms with van der Waals surface area (Å²) in [6, 6.07) is 7.20. The zero-order chi connectivity index (χ0) is 14.4. The number of H-pyrrole nitrogens is 1. The topological polar surface area (TPSA) is 107 Å². The molecule has 1 atom stereocenters. The fourth-order valence-electron chi connectivity index (χ4n) is 1.66. The molecule has 0 fully saturated rings. The van der Waals surface area contributed by atoms with Crippen molar-refractivity contribution < 1.29 is 14.7 Å². The van der Waals surface area contributed by atoms with Gasteiger partial charge >= 0.3 is 12.0 Å². The monoisotopic (exact) mass is 274 g/mol. The highest BCUT2D eigenvalue weighted by Gasteiger charge is 2.20. The second-order valence-corrected chi connectivity index (χ2v) is 4.14. The van der Waals surface area contributed by atoms with E-state index in [0.29, 0.717) is 11.4 Å². The van der Waals surface area contributed by atoms with Gasteiger partial charge < -0.3 is 20.7 Å². The molecule has 0 bridgehead atoms. The molecule has 0 spiro atoms. The number of amides is 2. The molecule has 0 aliphatic carbocycles. The molecule has 2 amide bonds. The number of rotatable bonds is 5. The van der Waals surface area contributed by atoms with Crippen molar-refractivity contribution in [1.29, 1.82) is 0 Å². The summed E-state index contributed by atoms with van der Waals surface area (Å²) in [7, 11) is 0. The van der Waals surface area contributed by atoms with Crippen LogP contribution in [0.1, 0.15) is 5.69 Å². The Morgan fingerprint density at radius 3 is 2.65 bits per heavy atom. The van der Waals surface area contributed by atoms with Crippen LogP contribution in [0.25, 0.3) is 0 Å². The van der Waals surface area contributed by atoms with Crippen molar-refractivity contribution >= 4 is 17.7 Å². The summed E-state index contributed by atoms with van der Waals surface area (Å²) in [5, 5.41) is 14.1. The molecule has 1 heterocycles. The van der Waals surface area contributed by atoms with Crippen molar-refractivity contribution in [2.75, 3.05) is 5.32 Å². The van der Waals surface area contributed by atoms with Crippen molar-refractivity contribution in [3.05, 3.63) is 48.5 Å². The Labute approximate surface area is 115 Å². The van der Waals surface area contributed by atoms with Crippen LogP contribution >= 0.6 is 0 Å². The fraction of sp³-hybridized carbons (Fsp3) is 0.154. The summed E-state index contributed by atoms with van der Waals surface area (Å²) in [5.41, 5.74) is 1.23. The van der Waals surface area contributed by atoms with Gasteiger partial charge in [0.05, 0.1) is 6.33 Å². The third kappa shape index (κ3) is 3.84. The average Bonchev–Trinajstić information content (AvgIpc) is 2.92. The van der Waals surface area contributed by atoms with Gasteiger partial charge in [0.25, 0.3) is 0 Å². The molecular formula is C13H14N4O3. The van der Waals surface area contributed by atoms with Crippen molar-refractivity contribution in [1.82, 2.24) is 15.3 Å². The minimum absolute atomic E-state index is 0.136. The molecule has 4 N–H and O–H groups in total. The maximum Gasteiger partial charge on any atom is 0.326 e. The number of aliphatic carboxylic acids is 1. The molecule has 0 aliphatic heterocycles. The van der Waals surface area contributed by atoms with Gasteiger partial charge in [0.15, 0.2) is 0 Å². The Morgan fingerprint density at radius 2 is 2.05 bits per heavy atom. The number of urea groups is 1. The van der Waals surface area contributed by atoms with Crippen LogP contribution in [0.4, 0.5) is 10.5 Å². The highest BCUT2D eigenvalue weighted by Crippen LogP contribution is 2.05. The van der Waals surface area contributed by atoms with E-state index in [9.17, 15) is 9.59 Å². The van der Waals surface area contributed by atoms with E-state index in [2.05, 4.69) is 20.6 Å². The van der Waals surface area contributed by atoms with Crippen molar-refractivity contribution in [3.63, 3.8) is 0 Å². The molecule has 2 rings (SSSR count). The molecule has 1 aromatic heterocycles. The Balaban J connectivity index is 1.94. The Bertz CT molecular complexity index is 569. The Hall–Kier alpha value is -2.83. The molecule has 0 saturated heterocycles. The zero-order valence-electron chi connectivity index (χ0n) is 10.5. The largest absolute Gasteiger partial charge is 0.480 e. The number of nitrogens with zero attached hydrogens (tertiary/aromatic N) is 1. The Morgan fingerprint density at radius 1 is 1.30 bits per heavy atom. The number of carbonyl (C=O) groups is 2. The van der Waals surface area contributed by atoms with Crippen LogP contribution in [0, 0.1) is 0 Å². The molecule has 104 valence electrons. The minimum Gasteiger partial charge on any atom is -0.480 e. The first-order valence-electron chi connectivity index (χ1n) is 5.98. The van der Waals surface area contributed by atoms with Gasteiger partial charge in [-0.15, -0.1) is 0 Å². The van der Waals surface area contributed by atoms with Crippen LogP contribution in [0.15, 0.2) is 42.9 Å². The molecule has 20 heavy (non-hydrogen) atoms. The van der Waals surface area contributed by atoms with Crippen LogP contribution < -0.4 is 10.6 Å². The summed E-state index contributed by atoms with van der Waals surface area (Å²) >= 11 is 0. The second kappa shape index (κ2) is 6.37. The first-order chi connectivity index (χ1) is 9.65. The van der Waals surface area contributed by atoms with Gasteiger partial charge in [0.1, 0.15) is 6.04 Å². The van der Waals surface area contributed by atoms with Gasteiger partial charge in [-0.3, -0.25) is 0 Å². The number of anilines is 1. The number of benzene rings is 1. The molecule has 7 heteroatoms. The quantitative estimate of drug-likeness (QED) is 0.657. The van der Waals surface area contributed by atoms with E-state index in [1.54, 1.807) is 24.3 Å². The van der Waals surface area contributed by atoms with Crippen molar-refractivity contribution in [2.24, 2.45) is 0 Å². The number of hydrogen-bond acceptors (Lipinski definition) is 3. The summed E-state index contributed by atoms with van der Waals surface area (Å²) < 4.78 is 0. The predicted molar refractivity (Wildman–Crippen MR) is 72.3 cm³/mol. The number of carboxylic acids is 1. The predicted octanol–water partition coefficient (Wildman–Crippen LogP) is 1.23. The van der Waals surface area contributed by atoms with E-state index in [0.717, 1.165) is 0 Å². The SMILES string of the molecule is O=C(Nc1ccccc1)N[C@H](Cc1cnc[nH]1)C(=O)O. The number of carboxylic acid groups (broad SMARTS) is 1. The lowest BCUT2D eigenvalue weighted by Crippen LogP contribution is -2.44. The van der Waals surface area contributed by atoms with Crippen molar-refractivity contribution in [3.8, 4) is 0 Å². The summed E-state index contributed by atoms with van der Waals surface area (Å²) in [6.07, 6.45) is 3.11. The third-order valence-electron chi connectivity index (χ3n) is 2.61. The number of carbonyl (C=O) groups excluding carboxylic acids is 1. The standard InChI is InChI=1S/C13H14N4O3/c18-12(19)11(6-10-7-14-8-15-10)17-13(20)16-9-4-2-1-3-5-9/h1-5,7-8,11H,6H2,(H,14,15)(H,18,19)(H2,16,17,20)/t11-/m1/s1. The van der Waals surface area contributed by atoms with Crippen LogP contribution in [0.5, 0.6) is 0 Å². The molecule has 0 aliphatic rings. The lowest BCUT2D eigenvalue weighted by atomic mass is 10.2. The van der Waals surface area contributed by atoms with Crippen LogP contribution in [0.2, 0.25) is 0 Å². The number of imidazole rings is 1. The molecule has 0 saturated carbocycles. The van der Waals surface area contributed by atoms with Crippen LogP contribution in [-0.2, 0) is 11.2 Å².